The number of piperidine rings is 1. The Morgan fingerprint density at radius 2 is 2.07 bits per heavy atom. The molecule has 1 aliphatic heterocycles. The summed E-state index contributed by atoms with van der Waals surface area (Å²) >= 11 is 7.21. The van der Waals surface area contributed by atoms with Crippen molar-refractivity contribution in [2.75, 3.05) is 11.4 Å². The van der Waals surface area contributed by atoms with Crippen molar-refractivity contribution >= 4 is 37.5 Å². The van der Waals surface area contributed by atoms with Crippen LogP contribution in [0.3, 0.4) is 0 Å². The molecule has 0 radical (unpaired) electrons. The number of benzene rings is 1. The summed E-state index contributed by atoms with van der Waals surface area (Å²) in [6.45, 7) is 3.49. The fraction of sp³-hybridized carbons (Fsp3) is 0.500. The lowest BCUT2D eigenvalue weighted by molar-refractivity contribution is 0.484. The van der Waals surface area contributed by atoms with Crippen molar-refractivity contribution in [1.29, 1.82) is 0 Å². The zero-order chi connectivity index (χ0) is 10.8. The molecule has 0 bridgehead atoms. The van der Waals surface area contributed by atoms with Gasteiger partial charge in [-0.15, -0.1) is 0 Å². The van der Waals surface area contributed by atoms with Crippen molar-refractivity contribution in [3.8, 4) is 0 Å². The highest BCUT2D eigenvalue weighted by atomic mass is 79.9. The predicted molar refractivity (Wildman–Crippen MR) is 72.5 cm³/mol. The molecular weight excluding hydrogens is 318 g/mol. The molecule has 1 saturated heterocycles. The molecule has 82 valence electrons. The van der Waals surface area contributed by atoms with E-state index in [4.69, 9.17) is 0 Å². The largest absolute Gasteiger partial charge is 0.368 e. The Bertz CT molecular complexity index is 351. The minimum Gasteiger partial charge on any atom is -0.368 e. The average molecular weight is 333 g/mol. The highest BCUT2D eigenvalue weighted by Crippen LogP contribution is 2.35. The van der Waals surface area contributed by atoms with Crippen molar-refractivity contribution < 1.29 is 0 Å². The van der Waals surface area contributed by atoms with Crippen molar-refractivity contribution in [3.05, 3.63) is 27.1 Å². The first kappa shape index (κ1) is 11.5. The van der Waals surface area contributed by atoms with E-state index < -0.39 is 0 Å². The first-order valence-electron chi connectivity index (χ1n) is 5.41. The van der Waals surface area contributed by atoms with Gasteiger partial charge in [0.2, 0.25) is 0 Å². The zero-order valence-electron chi connectivity index (χ0n) is 8.84. The van der Waals surface area contributed by atoms with Gasteiger partial charge in [-0.25, -0.2) is 0 Å². The van der Waals surface area contributed by atoms with Crippen LogP contribution in [0.1, 0.15) is 26.2 Å². The number of nitrogens with zero attached hydrogens (tertiary/aromatic N) is 1. The van der Waals surface area contributed by atoms with Gasteiger partial charge in [0.25, 0.3) is 0 Å². The lowest BCUT2D eigenvalue weighted by atomic mass is 10.0. The van der Waals surface area contributed by atoms with E-state index in [0.29, 0.717) is 6.04 Å². The minimum absolute atomic E-state index is 0.657. The number of halogens is 2. The highest BCUT2D eigenvalue weighted by molar-refractivity contribution is 9.13. The van der Waals surface area contributed by atoms with Crippen molar-refractivity contribution in [1.82, 2.24) is 0 Å². The molecule has 1 atom stereocenters. The van der Waals surface area contributed by atoms with E-state index in [9.17, 15) is 0 Å². The molecule has 0 aliphatic carbocycles. The Morgan fingerprint density at radius 1 is 1.27 bits per heavy atom. The summed E-state index contributed by atoms with van der Waals surface area (Å²) < 4.78 is 2.32. The van der Waals surface area contributed by atoms with Crippen LogP contribution in [0.2, 0.25) is 0 Å². The third-order valence-corrected chi connectivity index (χ3v) is 5.07. The summed E-state index contributed by atoms with van der Waals surface area (Å²) in [5, 5.41) is 0. The Labute approximate surface area is 108 Å². The smallest absolute Gasteiger partial charge is 0.0551 e. The van der Waals surface area contributed by atoms with E-state index in [2.05, 4.69) is 61.9 Å². The molecule has 1 heterocycles. The van der Waals surface area contributed by atoms with Gasteiger partial charge in [0.1, 0.15) is 0 Å². The van der Waals surface area contributed by atoms with Crippen LogP contribution >= 0.6 is 31.9 Å². The third kappa shape index (κ3) is 2.39. The summed E-state index contributed by atoms with van der Waals surface area (Å²) in [6, 6.07) is 7.02. The summed E-state index contributed by atoms with van der Waals surface area (Å²) in [5.74, 6) is 0. The highest BCUT2D eigenvalue weighted by Gasteiger charge is 2.20. The van der Waals surface area contributed by atoms with Crippen molar-refractivity contribution in [3.63, 3.8) is 0 Å². The topological polar surface area (TPSA) is 3.24 Å². The minimum atomic E-state index is 0.657. The van der Waals surface area contributed by atoms with Gasteiger partial charge >= 0.3 is 0 Å². The summed E-state index contributed by atoms with van der Waals surface area (Å²) in [6.07, 6.45) is 3.98. The number of rotatable bonds is 1. The molecule has 1 aliphatic rings. The van der Waals surface area contributed by atoms with Crippen LogP contribution in [0.15, 0.2) is 27.1 Å². The van der Waals surface area contributed by atoms with E-state index in [1.807, 2.05) is 0 Å². The lowest BCUT2D eigenvalue weighted by Gasteiger charge is -2.36. The van der Waals surface area contributed by atoms with Crippen LogP contribution in [-0.2, 0) is 0 Å². The molecule has 0 spiro atoms. The normalized spacial score (nSPS) is 21.8. The van der Waals surface area contributed by atoms with Crippen LogP contribution in [0.5, 0.6) is 0 Å². The van der Waals surface area contributed by atoms with Gasteiger partial charge in [0.15, 0.2) is 0 Å². The van der Waals surface area contributed by atoms with Crippen LogP contribution in [0, 0.1) is 0 Å². The standard InChI is InChI=1S/C12H15Br2N/c1-9-5-2-3-8-15(9)11-7-4-6-10(13)12(11)14/h4,6-7,9H,2-3,5,8H2,1H3. The van der Waals surface area contributed by atoms with Crippen LogP contribution in [0.4, 0.5) is 5.69 Å². The molecule has 3 heteroatoms. The van der Waals surface area contributed by atoms with E-state index in [1.165, 1.54) is 36.0 Å². The maximum Gasteiger partial charge on any atom is 0.0551 e. The van der Waals surface area contributed by atoms with E-state index in [1.54, 1.807) is 0 Å². The second-order valence-corrected chi connectivity index (χ2v) is 5.76. The SMILES string of the molecule is CC1CCCCN1c1cccc(Br)c1Br. The predicted octanol–water partition coefficient (Wildman–Crippen LogP) is 4.59. The summed E-state index contributed by atoms with van der Waals surface area (Å²) in [5.41, 5.74) is 1.32. The Morgan fingerprint density at radius 3 is 2.80 bits per heavy atom. The quantitative estimate of drug-likeness (QED) is 0.727. The molecule has 1 unspecified atom stereocenters. The first-order valence-corrected chi connectivity index (χ1v) is 6.99. The number of hydrogen-bond donors (Lipinski definition) is 0. The molecule has 1 aromatic rings. The van der Waals surface area contributed by atoms with Gasteiger partial charge in [-0.1, -0.05) is 6.07 Å². The molecule has 1 fully saturated rings. The van der Waals surface area contributed by atoms with Gasteiger partial charge < -0.3 is 4.90 Å². The van der Waals surface area contributed by atoms with Crippen molar-refractivity contribution in [2.24, 2.45) is 0 Å². The van der Waals surface area contributed by atoms with Crippen LogP contribution < -0.4 is 4.90 Å². The number of anilines is 1. The van der Waals surface area contributed by atoms with Gasteiger partial charge in [0.05, 0.1) is 10.2 Å². The number of hydrogen-bond acceptors (Lipinski definition) is 1. The molecule has 0 N–H and O–H groups in total. The van der Waals surface area contributed by atoms with E-state index in [0.717, 1.165) is 4.47 Å². The lowest BCUT2D eigenvalue weighted by Crippen LogP contribution is -2.37. The Hall–Kier alpha value is -0.0200. The summed E-state index contributed by atoms with van der Waals surface area (Å²) in [7, 11) is 0. The molecule has 2 rings (SSSR count). The average Bonchev–Trinajstić information content (AvgIpc) is 2.23. The maximum absolute atomic E-state index is 3.65. The van der Waals surface area contributed by atoms with Crippen LogP contribution in [-0.4, -0.2) is 12.6 Å². The van der Waals surface area contributed by atoms with E-state index in [-0.39, 0.29) is 0 Å². The summed E-state index contributed by atoms with van der Waals surface area (Å²) in [4.78, 5) is 2.50. The monoisotopic (exact) mass is 331 g/mol. The second kappa shape index (κ2) is 4.88. The fourth-order valence-corrected chi connectivity index (χ4v) is 3.02. The zero-order valence-corrected chi connectivity index (χ0v) is 12.0. The van der Waals surface area contributed by atoms with Gasteiger partial charge in [-0.05, 0) is 70.2 Å². The van der Waals surface area contributed by atoms with Gasteiger partial charge in [-0.2, -0.15) is 0 Å². The Kier molecular flexibility index (Phi) is 3.73. The van der Waals surface area contributed by atoms with E-state index >= 15 is 0 Å². The van der Waals surface area contributed by atoms with Crippen LogP contribution in [0.25, 0.3) is 0 Å². The third-order valence-electron chi connectivity index (χ3n) is 3.04. The molecule has 0 saturated carbocycles. The first-order chi connectivity index (χ1) is 7.20. The fourth-order valence-electron chi connectivity index (χ4n) is 2.17. The molecule has 0 amide bonds. The second-order valence-electron chi connectivity index (χ2n) is 4.11. The molecular formula is C12H15Br2N. The molecule has 0 aromatic heterocycles. The van der Waals surface area contributed by atoms with Crippen molar-refractivity contribution in [2.45, 2.75) is 32.2 Å². The van der Waals surface area contributed by atoms with Gasteiger partial charge in [-0.3, -0.25) is 0 Å². The Balaban J connectivity index is 2.31. The maximum atomic E-state index is 3.65. The molecule has 1 aromatic carbocycles. The van der Waals surface area contributed by atoms with Gasteiger partial charge in [0, 0.05) is 17.1 Å². The molecule has 1 nitrogen and oxygen atoms in total. The molecule has 15 heavy (non-hydrogen) atoms.